The monoisotopic (exact) mass is 384 g/mol. The van der Waals surface area contributed by atoms with Gasteiger partial charge in [-0.1, -0.05) is 18.2 Å². The third-order valence-electron chi connectivity index (χ3n) is 4.79. The van der Waals surface area contributed by atoms with E-state index in [0.717, 1.165) is 55.5 Å². The van der Waals surface area contributed by atoms with Crippen molar-refractivity contribution in [3.05, 3.63) is 52.1 Å². The summed E-state index contributed by atoms with van der Waals surface area (Å²) >= 11 is 1.63. The number of ether oxygens (including phenoxy) is 1. The van der Waals surface area contributed by atoms with E-state index in [1.807, 2.05) is 23.7 Å². The van der Waals surface area contributed by atoms with E-state index in [9.17, 15) is 4.79 Å². The zero-order valence-electron chi connectivity index (χ0n) is 15.2. The van der Waals surface area contributed by atoms with E-state index in [1.54, 1.807) is 11.3 Å². The molecule has 6 nitrogen and oxygen atoms in total. The van der Waals surface area contributed by atoms with E-state index in [-0.39, 0.29) is 5.91 Å². The standard InChI is InChI=1S/C20H24N4O2S/c25-19(21-6-5-15-12-22-18-4-2-1-3-17(15)18)11-16-14-27-20(23-16)13-24-7-9-26-10-8-24/h1-4,12,14,22H,5-11,13H2,(H,21,25). The molecule has 3 aromatic rings. The second-order valence-electron chi connectivity index (χ2n) is 6.76. The molecular formula is C20H24N4O2S. The van der Waals surface area contributed by atoms with Gasteiger partial charge >= 0.3 is 0 Å². The highest BCUT2D eigenvalue weighted by atomic mass is 32.1. The lowest BCUT2D eigenvalue weighted by molar-refractivity contribution is -0.120. The van der Waals surface area contributed by atoms with Crippen LogP contribution in [-0.4, -0.2) is 53.6 Å². The van der Waals surface area contributed by atoms with Gasteiger partial charge in [-0.05, 0) is 18.1 Å². The second kappa shape index (κ2) is 8.65. The Kier molecular flexibility index (Phi) is 5.81. The predicted molar refractivity (Wildman–Crippen MR) is 107 cm³/mol. The van der Waals surface area contributed by atoms with E-state index < -0.39 is 0 Å². The number of H-pyrrole nitrogens is 1. The number of benzene rings is 1. The number of morpholine rings is 1. The number of aromatic amines is 1. The van der Waals surface area contributed by atoms with Crippen LogP contribution in [0.25, 0.3) is 10.9 Å². The Balaban J connectivity index is 1.23. The lowest BCUT2D eigenvalue weighted by Crippen LogP contribution is -2.35. The van der Waals surface area contributed by atoms with Crippen LogP contribution in [0, 0.1) is 0 Å². The molecule has 2 N–H and O–H groups in total. The summed E-state index contributed by atoms with van der Waals surface area (Å²) in [5, 5.41) is 7.29. The zero-order valence-corrected chi connectivity index (χ0v) is 16.1. The molecule has 1 aliphatic rings. The summed E-state index contributed by atoms with van der Waals surface area (Å²) in [5.74, 6) is 0.0260. The van der Waals surface area contributed by atoms with Crippen LogP contribution in [0.1, 0.15) is 16.3 Å². The summed E-state index contributed by atoms with van der Waals surface area (Å²) in [6.45, 7) is 4.95. The molecule has 1 amide bonds. The number of hydrogen-bond donors (Lipinski definition) is 2. The molecule has 1 aliphatic heterocycles. The third-order valence-corrected chi connectivity index (χ3v) is 5.68. The molecule has 3 heterocycles. The number of thiazole rings is 1. The number of carbonyl (C=O) groups excluding carboxylic acids is 1. The van der Waals surface area contributed by atoms with Gasteiger partial charge in [0.15, 0.2) is 0 Å². The molecule has 0 aliphatic carbocycles. The van der Waals surface area contributed by atoms with Crippen LogP contribution in [-0.2, 0) is 28.9 Å². The summed E-state index contributed by atoms with van der Waals surface area (Å²) in [6.07, 6.45) is 3.18. The van der Waals surface area contributed by atoms with Gasteiger partial charge in [-0.2, -0.15) is 0 Å². The number of aromatic nitrogens is 2. The Labute approximate surface area is 162 Å². The van der Waals surface area contributed by atoms with Crippen LogP contribution in [0.15, 0.2) is 35.8 Å². The first-order chi connectivity index (χ1) is 13.3. The van der Waals surface area contributed by atoms with Gasteiger partial charge in [-0.15, -0.1) is 11.3 Å². The van der Waals surface area contributed by atoms with E-state index in [4.69, 9.17) is 4.74 Å². The van der Waals surface area contributed by atoms with Crippen molar-refractivity contribution < 1.29 is 9.53 Å². The largest absolute Gasteiger partial charge is 0.379 e. The molecule has 0 spiro atoms. The van der Waals surface area contributed by atoms with Crippen molar-refractivity contribution in [1.29, 1.82) is 0 Å². The number of nitrogens with zero attached hydrogens (tertiary/aromatic N) is 2. The minimum absolute atomic E-state index is 0.0260. The predicted octanol–water partition coefficient (Wildman–Crippen LogP) is 2.36. The van der Waals surface area contributed by atoms with Gasteiger partial charge in [-0.3, -0.25) is 9.69 Å². The van der Waals surface area contributed by atoms with Crippen molar-refractivity contribution >= 4 is 28.1 Å². The van der Waals surface area contributed by atoms with E-state index in [2.05, 4.69) is 32.3 Å². The van der Waals surface area contributed by atoms with Gasteiger partial charge in [-0.25, -0.2) is 4.98 Å². The normalized spacial score (nSPS) is 15.3. The molecule has 1 saturated heterocycles. The van der Waals surface area contributed by atoms with Crippen molar-refractivity contribution in [1.82, 2.24) is 20.2 Å². The highest BCUT2D eigenvalue weighted by molar-refractivity contribution is 7.09. The maximum atomic E-state index is 12.2. The molecule has 1 fully saturated rings. The number of nitrogens with one attached hydrogen (secondary N) is 2. The summed E-state index contributed by atoms with van der Waals surface area (Å²) in [7, 11) is 0. The quantitative estimate of drug-likeness (QED) is 0.656. The van der Waals surface area contributed by atoms with Crippen LogP contribution in [0.2, 0.25) is 0 Å². The van der Waals surface area contributed by atoms with E-state index in [0.29, 0.717) is 13.0 Å². The molecule has 0 atom stereocenters. The van der Waals surface area contributed by atoms with E-state index >= 15 is 0 Å². The number of hydrogen-bond acceptors (Lipinski definition) is 5. The molecule has 27 heavy (non-hydrogen) atoms. The highest BCUT2D eigenvalue weighted by Gasteiger charge is 2.14. The lowest BCUT2D eigenvalue weighted by Gasteiger charge is -2.25. The van der Waals surface area contributed by atoms with E-state index in [1.165, 1.54) is 10.9 Å². The molecule has 142 valence electrons. The first-order valence-corrected chi connectivity index (χ1v) is 10.2. The number of rotatable bonds is 7. The van der Waals surface area contributed by atoms with Gasteiger partial charge in [0.05, 0.1) is 31.9 Å². The molecule has 0 unspecified atom stereocenters. The first-order valence-electron chi connectivity index (χ1n) is 9.33. The lowest BCUT2D eigenvalue weighted by atomic mass is 10.1. The second-order valence-corrected chi connectivity index (χ2v) is 7.70. The van der Waals surface area contributed by atoms with Crippen molar-refractivity contribution in [2.24, 2.45) is 0 Å². The summed E-state index contributed by atoms with van der Waals surface area (Å²) in [4.78, 5) is 22.4. The molecule has 4 rings (SSSR count). The molecule has 0 radical (unpaired) electrons. The van der Waals surface area contributed by atoms with Gasteiger partial charge in [0.2, 0.25) is 5.91 Å². The molecule has 1 aromatic carbocycles. The zero-order chi connectivity index (χ0) is 18.5. The highest BCUT2D eigenvalue weighted by Crippen LogP contribution is 2.18. The van der Waals surface area contributed by atoms with Gasteiger partial charge in [0.1, 0.15) is 5.01 Å². The fourth-order valence-corrected chi connectivity index (χ4v) is 4.19. The smallest absolute Gasteiger partial charge is 0.226 e. The fraction of sp³-hybridized carbons (Fsp3) is 0.400. The Bertz CT molecular complexity index is 898. The van der Waals surface area contributed by atoms with Crippen molar-refractivity contribution in [3.8, 4) is 0 Å². The minimum Gasteiger partial charge on any atom is -0.379 e. The van der Waals surface area contributed by atoms with Gasteiger partial charge in [0.25, 0.3) is 0 Å². The Morgan fingerprint density at radius 3 is 3.04 bits per heavy atom. The number of amides is 1. The van der Waals surface area contributed by atoms with Crippen LogP contribution >= 0.6 is 11.3 Å². The topological polar surface area (TPSA) is 70.2 Å². The van der Waals surface area contributed by atoms with Crippen LogP contribution in [0.4, 0.5) is 0 Å². The van der Waals surface area contributed by atoms with Crippen molar-refractivity contribution in [2.45, 2.75) is 19.4 Å². The summed E-state index contributed by atoms with van der Waals surface area (Å²) < 4.78 is 5.37. The summed E-state index contributed by atoms with van der Waals surface area (Å²) in [6, 6.07) is 8.23. The molecule has 0 bridgehead atoms. The number of para-hydroxylation sites is 1. The Hall–Kier alpha value is -2.22. The Morgan fingerprint density at radius 2 is 2.15 bits per heavy atom. The third kappa shape index (κ3) is 4.74. The number of carbonyl (C=O) groups is 1. The van der Waals surface area contributed by atoms with Crippen LogP contribution in [0.3, 0.4) is 0 Å². The van der Waals surface area contributed by atoms with Gasteiger partial charge in [0, 0.05) is 42.1 Å². The fourth-order valence-electron chi connectivity index (χ4n) is 3.36. The van der Waals surface area contributed by atoms with Crippen molar-refractivity contribution in [2.75, 3.05) is 32.8 Å². The maximum absolute atomic E-state index is 12.2. The van der Waals surface area contributed by atoms with Crippen LogP contribution < -0.4 is 5.32 Å². The average Bonchev–Trinajstić information content (AvgIpc) is 3.30. The van der Waals surface area contributed by atoms with Gasteiger partial charge < -0.3 is 15.0 Å². The Morgan fingerprint density at radius 1 is 1.30 bits per heavy atom. The average molecular weight is 385 g/mol. The van der Waals surface area contributed by atoms with Crippen molar-refractivity contribution in [3.63, 3.8) is 0 Å². The molecule has 2 aromatic heterocycles. The first kappa shape index (κ1) is 18.2. The molecule has 0 saturated carbocycles. The molecule has 7 heteroatoms. The number of fused-ring (bicyclic) bond motifs is 1. The minimum atomic E-state index is 0.0260. The SMILES string of the molecule is O=C(Cc1csc(CN2CCOCC2)n1)NCCc1c[nH]c2ccccc12. The summed E-state index contributed by atoms with van der Waals surface area (Å²) in [5.41, 5.74) is 3.22. The molecular weight excluding hydrogens is 360 g/mol. The maximum Gasteiger partial charge on any atom is 0.226 e. The van der Waals surface area contributed by atoms with Crippen LogP contribution in [0.5, 0.6) is 0 Å².